The number of ether oxygens (including phenoxy) is 2. The van der Waals surface area contributed by atoms with Crippen LogP contribution in [-0.2, 0) is 15.6 Å². The Hall–Kier alpha value is -2.12. The molecule has 2 aromatic rings. The lowest BCUT2D eigenvalue weighted by Crippen LogP contribution is -2.40. The van der Waals surface area contributed by atoms with E-state index in [1.807, 2.05) is 0 Å². The van der Waals surface area contributed by atoms with Gasteiger partial charge in [0.25, 0.3) is 0 Å². The predicted molar refractivity (Wildman–Crippen MR) is 89.3 cm³/mol. The molecule has 0 heterocycles. The minimum atomic E-state index is -3.81. The van der Waals surface area contributed by atoms with Gasteiger partial charge in [-0.1, -0.05) is 12.1 Å². The molecule has 0 aliphatic rings. The van der Waals surface area contributed by atoms with Crippen LogP contribution in [-0.4, -0.2) is 22.6 Å². The van der Waals surface area contributed by atoms with E-state index in [-0.39, 0.29) is 10.7 Å². The maximum Gasteiger partial charge on any atom is 0.241 e. The van der Waals surface area contributed by atoms with Gasteiger partial charge < -0.3 is 9.47 Å². The molecule has 0 unspecified atom stereocenters. The average Bonchev–Trinajstić information content (AvgIpc) is 2.53. The first-order valence-electron chi connectivity index (χ1n) is 7.21. The Morgan fingerprint density at radius 2 is 1.54 bits per heavy atom. The average molecular weight is 353 g/mol. The van der Waals surface area contributed by atoms with Crippen LogP contribution in [0.4, 0.5) is 4.39 Å². The first-order valence-corrected chi connectivity index (χ1v) is 8.70. The monoisotopic (exact) mass is 353 g/mol. The van der Waals surface area contributed by atoms with Crippen LogP contribution in [0.1, 0.15) is 19.4 Å². The highest BCUT2D eigenvalue weighted by Gasteiger charge is 2.28. The predicted octanol–water partition coefficient (Wildman–Crippen LogP) is 3.06. The normalized spacial score (nSPS) is 12.0. The van der Waals surface area contributed by atoms with Gasteiger partial charge in [0.15, 0.2) is 11.5 Å². The number of methoxy groups -OCH3 is 2. The molecule has 7 heteroatoms. The zero-order valence-electron chi connectivity index (χ0n) is 14.0. The van der Waals surface area contributed by atoms with Crippen LogP contribution in [0.15, 0.2) is 47.4 Å². The van der Waals surface area contributed by atoms with E-state index in [1.54, 1.807) is 26.0 Å². The summed E-state index contributed by atoms with van der Waals surface area (Å²) in [5.41, 5.74) is -0.271. The molecule has 0 atom stereocenters. The maximum atomic E-state index is 13.1. The second-order valence-electron chi connectivity index (χ2n) is 5.75. The lowest BCUT2D eigenvalue weighted by Gasteiger charge is -2.26. The number of halogens is 1. The number of hydrogen-bond donors (Lipinski definition) is 1. The van der Waals surface area contributed by atoms with Crippen LogP contribution in [0.5, 0.6) is 11.5 Å². The zero-order chi connectivity index (χ0) is 18.0. The van der Waals surface area contributed by atoms with E-state index in [4.69, 9.17) is 9.47 Å². The van der Waals surface area contributed by atoms with E-state index in [2.05, 4.69) is 4.72 Å². The Morgan fingerprint density at radius 1 is 0.958 bits per heavy atom. The lowest BCUT2D eigenvalue weighted by atomic mass is 9.96. The van der Waals surface area contributed by atoms with Gasteiger partial charge in [0.05, 0.1) is 24.7 Å². The Balaban J connectivity index is 2.35. The molecule has 0 amide bonds. The van der Waals surface area contributed by atoms with Crippen molar-refractivity contribution in [2.45, 2.75) is 24.3 Å². The standard InChI is InChI=1S/C17H20FNO4S/c1-17(2,12-5-7-13(18)8-6-12)19-24(20,21)14-9-10-15(22-3)16(11-14)23-4/h5-11,19H,1-4H3. The van der Waals surface area contributed by atoms with Crippen molar-refractivity contribution >= 4 is 10.0 Å². The summed E-state index contributed by atoms with van der Waals surface area (Å²) in [4.78, 5) is 0.0512. The van der Waals surface area contributed by atoms with E-state index < -0.39 is 15.6 Å². The highest BCUT2D eigenvalue weighted by atomic mass is 32.2. The molecule has 0 saturated heterocycles. The van der Waals surface area contributed by atoms with Crippen molar-refractivity contribution in [1.29, 1.82) is 0 Å². The third kappa shape index (κ3) is 3.85. The van der Waals surface area contributed by atoms with Crippen LogP contribution >= 0.6 is 0 Å². The largest absolute Gasteiger partial charge is 0.493 e. The summed E-state index contributed by atoms with van der Waals surface area (Å²) in [5.74, 6) is 0.381. The lowest BCUT2D eigenvalue weighted by molar-refractivity contribution is 0.353. The van der Waals surface area contributed by atoms with E-state index >= 15 is 0 Å². The van der Waals surface area contributed by atoms with Gasteiger partial charge in [-0.15, -0.1) is 0 Å². The second-order valence-corrected chi connectivity index (χ2v) is 7.44. The SMILES string of the molecule is COc1ccc(S(=O)(=O)NC(C)(C)c2ccc(F)cc2)cc1OC. The van der Waals surface area contributed by atoms with Gasteiger partial charge in [0, 0.05) is 6.07 Å². The highest BCUT2D eigenvalue weighted by molar-refractivity contribution is 7.89. The summed E-state index contributed by atoms with van der Waals surface area (Å²) in [7, 11) is -0.904. The molecule has 130 valence electrons. The molecule has 2 aromatic carbocycles. The fourth-order valence-electron chi connectivity index (χ4n) is 2.30. The van der Waals surface area contributed by atoms with Crippen LogP contribution in [0, 0.1) is 5.82 Å². The third-order valence-corrected chi connectivity index (χ3v) is 5.27. The molecular formula is C17H20FNO4S. The van der Waals surface area contributed by atoms with Gasteiger partial charge in [0.1, 0.15) is 5.82 Å². The summed E-state index contributed by atoms with van der Waals surface area (Å²) in [6.45, 7) is 3.41. The Kier molecular flexibility index (Phi) is 5.15. The molecule has 2 rings (SSSR count). The van der Waals surface area contributed by atoms with Crippen molar-refractivity contribution in [1.82, 2.24) is 4.72 Å². The molecule has 1 N–H and O–H groups in total. The number of hydrogen-bond acceptors (Lipinski definition) is 4. The van der Waals surface area contributed by atoms with Gasteiger partial charge in [-0.25, -0.2) is 17.5 Å². The molecule has 0 spiro atoms. The van der Waals surface area contributed by atoms with E-state index in [1.165, 1.54) is 44.6 Å². The van der Waals surface area contributed by atoms with Gasteiger partial charge >= 0.3 is 0 Å². The number of benzene rings is 2. The van der Waals surface area contributed by atoms with E-state index in [0.29, 0.717) is 17.1 Å². The quantitative estimate of drug-likeness (QED) is 0.867. The molecule has 24 heavy (non-hydrogen) atoms. The molecule has 0 bridgehead atoms. The minimum Gasteiger partial charge on any atom is -0.493 e. The van der Waals surface area contributed by atoms with Gasteiger partial charge in [-0.05, 0) is 43.7 Å². The zero-order valence-corrected chi connectivity index (χ0v) is 14.8. The first kappa shape index (κ1) is 18.2. The van der Waals surface area contributed by atoms with Crippen molar-refractivity contribution < 1.29 is 22.3 Å². The number of sulfonamides is 1. The smallest absolute Gasteiger partial charge is 0.241 e. The van der Waals surface area contributed by atoms with E-state index in [9.17, 15) is 12.8 Å². The van der Waals surface area contributed by atoms with Crippen molar-refractivity contribution in [2.75, 3.05) is 14.2 Å². The Labute approximate surface area is 141 Å². The molecule has 0 aromatic heterocycles. The summed E-state index contributed by atoms with van der Waals surface area (Å²) in [5, 5.41) is 0. The fourth-order valence-corrected chi connectivity index (χ4v) is 3.72. The minimum absolute atomic E-state index is 0.0512. The number of nitrogens with one attached hydrogen (secondary N) is 1. The van der Waals surface area contributed by atoms with Gasteiger partial charge in [-0.3, -0.25) is 0 Å². The van der Waals surface area contributed by atoms with Crippen LogP contribution in [0.25, 0.3) is 0 Å². The van der Waals surface area contributed by atoms with Crippen molar-refractivity contribution in [3.05, 3.63) is 53.8 Å². The van der Waals surface area contributed by atoms with Gasteiger partial charge in [0.2, 0.25) is 10.0 Å². The van der Waals surface area contributed by atoms with Gasteiger partial charge in [-0.2, -0.15) is 0 Å². The first-order chi connectivity index (χ1) is 11.2. The highest BCUT2D eigenvalue weighted by Crippen LogP contribution is 2.30. The van der Waals surface area contributed by atoms with E-state index in [0.717, 1.165) is 0 Å². The number of rotatable bonds is 6. The molecule has 5 nitrogen and oxygen atoms in total. The molecule has 0 saturated carbocycles. The summed E-state index contributed by atoms with van der Waals surface area (Å²) >= 11 is 0. The van der Waals surface area contributed by atoms with Crippen LogP contribution in [0.3, 0.4) is 0 Å². The fraction of sp³-hybridized carbons (Fsp3) is 0.294. The van der Waals surface area contributed by atoms with Crippen LogP contribution in [0.2, 0.25) is 0 Å². The van der Waals surface area contributed by atoms with Crippen molar-refractivity contribution in [3.8, 4) is 11.5 Å². The molecule has 0 aliphatic heterocycles. The molecule has 0 fully saturated rings. The topological polar surface area (TPSA) is 64.6 Å². The second kappa shape index (κ2) is 6.78. The summed E-state index contributed by atoms with van der Waals surface area (Å²) in [6.07, 6.45) is 0. The molecular weight excluding hydrogens is 333 g/mol. The Bertz CT molecular complexity index is 817. The molecule has 0 radical (unpaired) electrons. The van der Waals surface area contributed by atoms with Crippen LogP contribution < -0.4 is 14.2 Å². The summed E-state index contributed by atoms with van der Waals surface area (Å²) < 4.78 is 51.3. The summed E-state index contributed by atoms with van der Waals surface area (Å²) in [6, 6.07) is 10.0. The third-order valence-electron chi connectivity index (χ3n) is 3.62. The Morgan fingerprint density at radius 3 is 2.08 bits per heavy atom. The van der Waals surface area contributed by atoms with Crippen molar-refractivity contribution in [2.24, 2.45) is 0 Å². The van der Waals surface area contributed by atoms with Crippen molar-refractivity contribution in [3.63, 3.8) is 0 Å². The molecule has 0 aliphatic carbocycles. The maximum absolute atomic E-state index is 13.1.